The molecule has 138 valence electrons. The van der Waals surface area contributed by atoms with E-state index in [0.717, 1.165) is 12.1 Å². The van der Waals surface area contributed by atoms with Crippen molar-refractivity contribution >= 4 is 40.1 Å². The maximum atomic E-state index is 12.9. The molecule has 2 N–H and O–H groups in total. The molecule has 1 fully saturated rings. The zero-order valence-corrected chi connectivity index (χ0v) is 15.3. The van der Waals surface area contributed by atoms with Crippen molar-refractivity contribution in [3.63, 3.8) is 0 Å². The summed E-state index contributed by atoms with van der Waals surface area (Å²) in [5.41, 5.74) is 0.118. The predicted molar refractivity (Wildman–Crippen MR) is 94.8 cm³/mol. The lowest BCUT2D eigenvalue weighted by Gasteiger charge is -2.23. The fraction of sp³-hybridized carbons (Fsp3) is 0.188. The molecular weight excluding hydrogens is 410 g/mol. The van der Waals surface area contributed by atoms with E-state index in [1.54, 1.807) is 18.2 Å². The number of halogens is 5. The van der Waals surface area contributed by atoms with Crippen LogP contribution in [0.3, 0.4) is 0 Å². The highest BCUT2D eigenvalue weighted by molar-refractivity contribution is 7.85. The molecule has 0 aromatic heterocycles. The SMILES string of the molecule is N=S1NC(=O)N(Cc2cccc(C(F)(F)F)c2)C1c1ccc(Cl)c(Cl)c1. The molecule has 1 heterocycles. The van der Waals surface area contributed by atoms with Crippen molar-refractivity contribution in [2.24, 2.45) is 0 Å². The summed E-state index contributed by atoms with van der Waals surface area (Å²) >= 11 is 11.9. The molecule has 2 amide bonds. The van der Waals surface area contributed by atoms with E-state index in [9.17, 15) is 18.0 Å². The molecule has 4 nitrogen and oxygen atoms in total. The Kier molecular flexibility index (Phi) is 5.18. The molecule has 0 spiro atoms. The quantitative estimate of drug-likeness (QED) is 0.672. The Morgan fingerprint density at radius 3 is 2.54 bits per heavy atom. The number of nitrogens with one attached hydrogen (secondary N) is 2. The number of rotatable bonds is 3. The van der Waals surface area contributed by atoms with Crippen LogP contribution in [0, 0.1) is 4.78 Å². The van der Waals surface area contributed by atoms with Crippen LogP contribution >= 0.6 is 23.2 Å². The molecule has 0 bridgehead atoms. The lowest BCUT2D eigenvalue weighted by molar-refractivity contribution is -0.137. The van der Waals surface area contributed by atoms with Gasteiger partial charge in [-0.1, -0.05) is 41.4 Å². The lowest BCUT2D eigenvalue weighted by atomic mass is 10.1. The molecule has 26 heavy (non-hydrogen) atoms. The minimum atomic E-state index is -4.47. The number of hydrogen-bond donors (Lipinski definition) is 2. The van der Waals surface area contributed by atoms with Crippen LogP contribution in [0.25, 0.3) is 0 Å². The largest absolute Gasteiger partial charge is 0.416 e. The van der Waals surface area contributed by atoms with E-state index in [-0.39, 0.29) is 11.6 Å². The molecule has 0 aliphatic carbocycles. The summed E-state index contributed by atoms with van der Waals surface area (Å²) in [6, 6.07) is 9.02. The Morgan fingerprint density at radius 2 is 1.88 bits per heavy atom. The van der Waals surface area contributed by atoms with Gasteiger partial charge in [-0.15, -0.1) is 0 Å². The normalized spacial score (nSPS) is 20.3. The summed E-state index contributed by atoms with van der Waals surface area (Å²) < 4.78 is 49.3. The van der Waals surface area contributed by atoms with E-state index in [1.165, 1.54) is 17.0 Å². The monoisotopic (exact) mass is 421 g/mol. The van der Waals surface area contributed by atoms with Crippen LogP contribution in [0.5, 0.6) is 0 Å². The summed E-state index contributed by atoms with van der Waals surface area (Å²) in [5.74, 6) is 0. The van der Waals surface area contributed by atoms with E-state index in [2.05, 4.69) is 4.72 Å². The lowest BCUT2D eigenvalue weighted by Crippen LogP contribution is -2.29. The van der Waals surface area contributed by atoms with Crippen LogP contribution in [-0.2, 0) is 23.6 Å². The van der Waals surface area contributed by atoms with E-state index >= 15 is 0 Å². The smallest absolute Gasteiger partial charge is 0.301 e. The van der Waals surface area contributed by atoms with Gasteiger partial charge in [-0.3, -0.25) is 9.50 Å². The zero-order chi connectivity index (χ0) is 19.1. The summed E-state index contributed by atoms with van der Waals surface area (Å²) in [6.45, 7) is -0.0664. The number of alkyl halides is 3. The van der Waals surface area contributed by atoms with Gasteiger partial charge in [0.25, 0.3) is 0 Å². The van der Waals surface area contributed by atoms with Gasteiger partial charge in [0.1, 0.15) is 5.37 Å². The number of amides is 2. The number of benzene rings is 2. The Hall–Kier alpha value is -1.77. The third-order valence-corrected chi connectivity index (χ3v) is 5.91. The van der Waals surface area contributed by atoms with Gasteiger partial charge in [0.2, 0.25) is 0 Å². The third kappa shape index (κ3) is 3.82. The summed E-state index contributed by atoms with van der Waals surface area (Å²) in [5, 5.41) is -0.0617. The Morgan fingerprint density at radius 1 is 1.15 bits per heavy atom. The van der Waals surface area contributed by atoms with Crippen LogP contribution in [-0.4, -0.2) is 10.9 Å². The number of nitrogens with zero attached hydrogens (tertiary/aromatic N) is 1. The first-order chi connectivity index (χ1) is 12.2. The molecular formula is C16H12Cl2F3N3OS. The number of hydrogen-bond acceptors (Lipinski definition) is 2. The average molecular weight is 422 g/mol. The van der Waals surface area contributed by atoms with Crippen LogP contribution in [0.1, 0.15) is 22.1 Å². The van der Waals surface area contributed by atoms with Crippen LogP contribution in [0.4, 0.5) is 18.0 Å². The van der Waals surface area contributed by atoms with Gasteiger partial charge in [0.05, 0.1) is 15.6 Å². The molecule has 2 unspecified atom stereocenters. The van der Waals surface area contributed by atoms with Crippen molar-refractivity contribution in [3.8, 4) is 0 Å². The highest BCUT2D eigenvalue weighted by atomic mass is 35.5. The van der Waals surface area contributed by atoms with Crippen LogP contribution < -0.4 is 4.72 Å². The van der Waals surface area contributed by atoms with E-state index in [4.69, 9.17) is 28.0 Å². The summed E-state index contributed by atoms with van der Waals surface area (Å²) in [7, 11) is -1.28. The molecule has 1 saturated heterocycles. The van der Waals surface area contributed by atoms with E-state index < -0.39 is 34.0 Å². The fourth-order valence-corrected chi connectivity index (χ4v) is 4.19. The molecule has 3 rings (SSSR count). The summed E-state index contributed by atoms with van der Waals surface area (Å²) in [4.78, 5) is 13.6. The molecule has 1 aliphatic heterocycles. The van der Waals surface area contributed by atoms with Gasteiger partial charge in [0, 0.05) is 17.4 Å². The first-order valence-corrected chi connectivity index (χ1v) is 9.34. The maximum Gasteiger partial charge on any atom is 0.416 e. The molecule has 0 radical (unpaired) electrons. The molecule has 2 aromatic carbocycles. The number of carbonyl (C=O) groups excluding carboxylic acids is 1. The van der Waals surface area contributed by atoms with Crippen molar-refractivity contribution < 1.29 is 18.0 Å². The standard InChI is InChI=1S/C16H12Cl2F3N3OS/c17-12-5-4-10(7-13(12)18)14-24(15(25)23-26(14)22)8-9-2-1-3-11(6-9)16(19,20)21/h1-7,14H,8H2,(H2,22,23,25). The number of urea groups is 1. The topological polar surface area (TPSA) is 56.2 Å². The Bertz CT molecular complexity index is 891. The molecule has 0 saturated carbocycles. The molecule has 10 heteroatoms. The fourth-order valence-electron chi connectivity index (χ4n) is 2.62. The van der Waals surface area contributed by atoms with Gasteiger partial charge in [-0.05, 0) is 35.4 Å². The maximum absolute atomic E-state index is 12.9. The minimum Gasteiger partial charge on any atom is -0.301 e. The van der Waals surface area contributed by atoms with Crippen molar-refractivity contribution in [2.45, 2.75) is 18.1 Å². The highest BCUT2D eigenvalue weighted by Crippen LogP contribution is 2.35. The van der Waals surface area contributed by atoms with Gasteiger partial charge in [0.15, 0.2) is 0 Å². The second-order valence-corrected chi connectivity index (χ2v) is 7.74. The third-order valence-electron chi connectivity index (χ3n) is 3.80. The van der Waals surface area contributed by atoms with Crippen molar-refractivity contribution in [2.75, 3.05) is 0 Å². The van der Waals surface area contributed by atoms with E-state index in [1.807, 2.05) is 0 Å². The van der Waals surface area contributed by atoms with Crippen molar-refractivity contribution in [1.82, 2.24) is 9.62 Å². The predicted octanol–water partition coefficient (Wildman–Crippen LogP) is 5.53. The van der Waals surface area contributed by atoms with Gasteiger partial charge >= 0.3 is 12.2 Å². The molecule has 2 atom stereocenters. The van der Waals surface area contributed by atoms with Crippen LogP contribution in [0.2, 0.25) is 10.0 Å². The van der Waals surface area contributed by atoms with Crippen LogP contribution in [0.15, 0.2) is 42.5 Å². The first kappa shape index (κ1) is 19.0. The molecule has 2 aromatic rings. The number of carbonyl (C=O) groups is 1. The zero-order valence-electron chi connectivity index (χ0n) is 13.0. The van der Waals surface area contributed by atoms with Crippen molar-refractivity contribution in [3.05, 3.63) is 69.2 Å². The Balaban J connectivity index is 1.93. The summed E-state index contributed by atoms with van der Waals surface area (Å²) in [6.07, 6.45) is -4.47. The second-order valence-electron chi connectivity index (χ2n) is 5.60. The highest BCUT2D eigenvalue weighted by Gasteiger charge is 2.37. The van der Waals surface area contributed by atoms with Gasteiger partial charge < -0.3 is 4.90 Å². The molecule has 1 aliphatic rings. The van der Waals surface area contributed by atoms with Gasteiger partial charge in [-0.25, -0.2) is 4.79 Å². The second kappa shape index (κ2) is 7.09. The Labute approximate surface area is 159 Å². The van der Waals surface area contributed by atoms with Gasteiger partial charge in [-0.2, -0.15) is 13.2 Å². The van der Waals surface area contributed by atoms with E-state index in [0.29, 0.717) is 16.1 Å². The first-order valence-electron chi connectivity index (χ1n) is 7.29. The van der Waals surface area contributed by atoms with Crippen molar-refractivity contribution in [1.29, 1.82) is 4.78 Å². The average Bonchev–Trinajstić information content (AvgIpc) is 2.83. The minimum absolute atomic E-state index is 0.0664.